The first-order valence-electron chi connectivity index (χ1n) is 2.85. The maximum Gasteiger partial charge on any atom is 0.0919 e. The molecule has 12 heavy (non-hydrogen) atoms. The van der Waals surface area contributed by atoms with E-state index in [0.717, 1.165) is 0 Å². The van der Waals surface area contributed by atoms with Gasteiger partial charge in [-0.25, -0.2) is 9.97 Å². The topological polar surface area (TPSA) is 57.4 Å². The first-order chi connectivity index (χ1) is 5.00. The maximum atomic E-state index is 3.67. The minimum atomic E-state index is 0. The lowest BCUT2D eigenvalue weighted by atomic mass is 11.0. The molecule has 4 nitrogen and oxygen atoms in total. The van der Waals surface area contributed by atoms with Crippen LogP contribution in [0.3, 0.4) is 0 Å². The fraction of sp³-hybridized carbons (Fsp3) is 0. The lowest BCUT2D eigenvalue weighted by Gasteiger charge is -1.46. The number of rotatable bonds is 0. The molecule has 2 heterocycles. The molecule has 0 fully saturated rings. The second-order valence-electron chi connectivity index (χ2n) is 1.52. The Bertz CT molecular complexity index is 159. The number of hydrogen-bond donors (Lipinski definition) is 2. The van der Waals surface area contributed by atoms with E-state index in [0.29, 0.717) is 0 Å². The van der Waals surface area contributed by atoms with Gasteiger partial charge in [0.15, 0.2) is 0 Å². The zero-order valence-electron chi connectivity index (χ0n) is 6.47. The van der Waals surface area contributed by atoms with Crippen LogP contribution in [0.5, 0.6) is 0 Å². The average molecular weight is 207 g/mol. The van der Waals surface area contributed by atoms with Crippen LogP contribution >= 0.6 is 22.3 Å². The van der Waals surface area contributed by atoms with Crippen molar-refractivity contribution in [3.63, 3.8) is 0 Å². The molecular formula is C6H12ClN4P. The van der Waals surface area contributed by atoms with Gasteiger partial charge in [0.05, 0.1) is 12.7 Å². The van der Waals surface area contributed by atoms with E-state index in [1.165, 1.54) is 0 Å². The second kappa shape index (κ2) is 10.1. The SMILES string of the molecule is Cl.P.c1c[nH]cn1.c1c[nH]cn1. The van der Waals surface area contributed by atoms with Gasteiger partial charge in [-0.05, 0) is 0 Å². The largest absolute Gasteiger partial charge is 0.351 e. The number of nitrogens with one attached hydrogen (secondary N) is 2. The van der Waals surface area contributed by atoms with Crippen LogP contribution in [0.15, 0.2) is 37.4 Å². The highest BCUT2D eigenvalue weighted by Gasteiger charge is 1.56. The van der Waals surface area contributed by atoms with Gasteiger partial charge in [0.1, 0.15) is 0 Å². The average Bonchev–Trinajstić information content (AvgIpc) is 2.67. The summed E-state index contributed by atoms with van der Waals surface area (Å²) in [6.07, 6.45) is 10.2. The quantitative estimate of drug-likeness (QED) is 0.639. The maximum absolute atomic E-state index is 3.67. The van der Waals surface area contributed by atoms with E-state index in [-0.39, 0.29) is 22.3 Å². The number of H-pyrrole nitrogens is 2. The number of nitrogens with zero attached hydrogens (tertiary/aromatic N) is 2. The molecule has 0 aromatic carbocycles. The van der Waals surface area contributed by atoms with Crippen molar-refractivity contribution in [3.05, 3.63) is 37.4 Å². The van der Waals surface area contributed by atoms with Gasteiger partial charge in [-0.2, -0.15) is 9.90 Å². The molecule has 2 aromatic heterocycles. The highest BCUT2D eigenvalue weighted by Crippen LogP contribution is 1.63. The molecule has 1 atom stereocenters. The predicted molar refractivity (Wildman–Crippen MR) is 55.5 cm³/mol. The molecule has 68 valence electrons. The molecule has 2 aromatic rings. The summed E-state index contributed by atoms with van der Waals surface area (Å²) in [6, 6.07) is 0. The molecule has 0 aliphatic rings. The van der Waals surface area contributed by atoms with E-state index >= 15 is 0 Å². The molecule has 0 spiro atoms. The van der Waals surface area contributed by atoms with Gasteiger partial charge in [-0.15, -0.1) is 12.4 Å². The van der Waals surface area contributed by atoms with Crippen molar-refractivity contribution in [2.45, 2.75) is 0 Å². The van der Waals surface area contributed by atoms with Crippen molar-refractivity contribution in [3.8, 4) is 0 Å². The van der Waals surface area contributed by atoms with E-state index in [4.69, 9.17) is 0 Å². The molecule has 0 aliphatic carbocycles. The zero-order chi connectivity index (χ0) is 7.07. The van der Waals surface area contributed by atoms with Gasteiger partial charge in [0.25, 0.3) is 0 Å². The van der Waals surface area contributed by atoms with Crippen molar-refractivity contribution in [1.82, 2.24) is 19.9 Å². The summed E-state index contributed by atoms with van der Waals surface area (Å²) in [5.74, 6) is 0. The molecule has 0 saturated heterocycles. The molecule has 6 heteroatoms. The molecule has 0 amide bonds. The van der Waals surface area contributed by atoms with Gasteiger partial charge in [0.2, 0.25) is 0 Å². The minimum absolute atomic E-state index is 0. The number of hydrogen-bond acceptors (Lipinski definition) is 2. The molecule has 0 saturated carbocycles. The molecule has 0 radical (unpaired) electrons. The van der Waals surface area contributed by atoms with E-state index in [2.05, 4.69) is 19.9 Å². The highest BCUT2D eigenvalue weighted by atomic mass is 35.5. The van der Waals surface area contributed by atoms with Crippen LogP contribution in [-0.4, -0.2) is 19.9 Å². The fourth-order valence-electron chi connectivity index (χ4n) is 0.430. The number of halogens is 1. The monoisotopic (exact) mass is 206 g/mol. The van der Waals surface area contributed by atoms with Crippen molar-refractivity contribution >= 4 is 22.3 Å². The van der Waals surface area contributed by atoms with Crippen molar-refractivity contribution in [1.29, 1.82) is 0 Å². The van der Waals surface area contributed by atoms with E-state index in [1.54, 1.807) is 37.4 Å². The van der Waals surface area contributed by atoms with Crippen LogP contribution in [0.4, 0.5) is 0 Å². The smallest absolute Gasteiger partial charge is 0.0919 e. The third-order valence-electron chi connectivity index (χ3n) is 0.812. The van der Waals surface area contributed by atoms with E-state index < -0.39 is 0 Å². The summed E-state index contributed by atoms with van der Waals surface area (Å²) in [5.41, 5.74) is 0. The summed E-state index contributed by atoms with van der Waals surface area (Å²) in [7, 11) is 0. The van der Waals surface area contributed by atoms with Crippen LogP contribution in [0, 0.1) is 0 Å². The number of imidazole rings is 2. The summed E-state index contributed by atoms with van der Waals surface area (Å²) in [4.78, 5) is 12.8. The van der Waals surface area contributed by atoms with Crippen LogP contribution in [0.1, 0.15) is 0 Å². The van der Waals surface area contributed by atoms with Crippen molar-refractivity contribution in [2.75, 3.05) is 0 Å². The highest BCUT2D eigenvalue weighted by molar-refractivity contribution is 6.92. The predicted octanol–water partition coefficient (Wildman–Crippen LogP) is 1.30. The summed E-state index contributed by atoms with van der Waals surface area (Å²) in [6.45, 7) is 0. The van der Waals surface area contributed by atoms with Crippen molar-refractivity contribution < 1.29 is 0 Å². The Morgan fingerprint density at radius 3 is 1.33 bits per heavy atom. The Kier molecular flexibility index (Phi) is 11.6. The molecule has 0 bridgehead atoms. The zero-order valence-corrected chi connectivity index (χ0v) is 8.70. The molecule has 2 rings (SSSR count). The van der Waals surface area contributed by atoms with Crippen LogP contribution < -0.4 is 0 Å². The van der Waals surface area contributed by atoms with Gasteiger partial charge in [-0.3, -0.25) is 0 Å². The Morgan fingerprint density at radius 2 is 1.25 bits per heavy atom. The standard InChI is InChI=1S/2C3H4N2.ClH.H3P/c2*1-2-5-3-4-1;;/h2*1-3H,(H,4,5);1H;1H3. The normalized spacial score (nSPS) is 6.67. The molecule has 2 N–H and O–H groups in total. The van der Waals surface area contributed by atoms with Crippen LogP contribution in [0.25, 0.3) is 0 Å². The lowest BCUT2D eigenvalue weighted by Crippen LogP contribution is -1.44. The Morgan fingerprint density at radius 1 is 0.833 bits per heavy atom. The van der Waals surface area contributed by atoms with E-state index in [9.17, 15) is 0 Å². The van der Waals surface area contributed by atoms with Gasteiger partial charge >= 0.3 is 0 Å². The Labute approximate surface area is 80.3 Å². The van der Waals surface area contributed by atoms with Gasteiger partial charge in [0, 0.05) is 24.8 Å². The Hall–Kier alpha value is -0.860. The second-order valence-corrected chi connectivity index (χ2v) is 1.52. The fourth-order valence-corrected chi connectivity index (χ4v) is 0.430. The molecule has 1 unspecified atom stereocenters. The Balaban J connectivity index is 0. The number of aromatic nitrogens is 4. The summed E-state index contributed by atoms with van der Waals surface area (Å²) in [5, 5.41) is 0. The van der Waals surface area contributed by atoms with E-state index in [1.807, 2.05) is 0 Å². The first kappa shape index (κ1) is 13.7. The summed E-state index contributed by atoms with van der Waals surface area (Å²) < 4.78 is 0. The summed E-state index contributed by atoms with van der Waals surface area (Å²) >= 11 is 0. The first-order valence-corrected chi connectivity index (χ1v) is 2.85. The third kappa shape index (κ3) is 7.25. The van der Waals surface area contributed by atoms with Crippen LogP contribution in [0.2, 0.25) is 0 Å². The van der Waals surface area contributed by atoms with Crippen molar-refractivity contribution in [2.24, 2.45) is 0 Å². The van der Waals surface area contributed by atoms with Gasteiger partial charge < -0.3 is 9.97 Å². The lowest BCUT2D eigenvalue weighted by molar-refractivity contribution is 1.31. The molecule has 0 aliphatic heterocycles. The van der Waals surface area contributed by atoms with Gasteiger partial charge in [-0.1, -0.05) is 0 Å². The third-order valence-corrected chi connectivity index (χ3v) is 0.812. The van der Waals surface area contributed by atoms with Crippen LogP contribution in [-0.2, 0) is 0 Å². The molecular weight excluding hydrogens is 195 g/mol. The minimum Gasteiger partial charge on any atom is -0.351 e. The number of aromatic amines is 2.